The monoisotopic (exact) mass is 215 g/mol. The van der Waals surface area contributed by atoms with Crippen LogP contribution in [0.25, 0.3) is 10.9 Å². The summed E-state index contributed by atoms with van der Waals surface area (Å²) in [6, 6.07) is 5.33. The minimum Gasteiger partial charge on any atom is -0.310 e. The van der Waals surface area contributed by atoms with Gasteiger partial charge in [0.15, 0.2) is 0 Å². The van der Waals surface area contributed by atoms with Crippen LogP contribution in [0.1, 0.15) is 6.42 Å². The molecule has 0 unspecified atom stereocenters. The smallest absolute Gasteiger partial charge is 0.232 e. The number of fused-ring (bicyclic) bond motifs is 1. The molecule has 5 heteroatoms. The molecule has 0 spiro atoms. The lowest BCUT2D eigenvalue weighted by Crippen LogP contribution is -2.12. The van der Waals surface area contributed by atoms with Crippen LogP contribution in [-0.4, -0.2) is 22.2 Å². The average molecular weight is 215 g/mol. The second-order valence-corrected chi connectivity index (χ2v) is 3.15. The Bertz CT molecular complexity index is 534. The highest BCUT2D eigenvalue weighted by Crippen LogP contribution is 2.18. The van der Waals surface area contributed by atoms with Crippen LogP contribution in [0, 0.1) is 0 Å². The lowest BCUT2D eigenvalue weighted by molar-refractivity contribution is -0.119. The predicted octanol–water partition coefficient (Wildman–Crippen LogP) is 1.16. The molecule has 80 valence electrons. The minimum absolute atomic E-state index is 0.168. The third-order valence-electron chi connectivity index (χ3n) is 2.06. The van der Waals surface area contributed by atoms with Crippen molar-refractivity contribution in [3.63, 3.8) is 0 Å². The molecule has 2 aromatic heterocycles. The molecule has 0 saturated heterocycles. The summed E-state index contributed by atoms with van der Waals surface area (Å²) in [5, 5.41) is 3.32. The molecular weight excluding hydrogens is 206 g/mol. The summed E-state index contributed by atoms with van der Waals surface area (Å²) in [4.78, 5) is 29.6. The van der Waals surface area contributed by atoms with Crippen LogP contribution in [0.5, 0.6) is 0 Å². The highest BCUT2D eigenvalue weighted by Gasteiger charge is 2.06. The number of amides is 1. The Morgan fingerprint density at radius 3 is 3.00 bits per heavy atom. The molecule has 0 saturated carbocycles. The van der Waals surface area contributed by atoms with E-state index in [1.165, 1.54) is 0 Å². The van der Waals surface area contributed by atoms with Gasteiger partial charge in [-0.3, -0.25) is 9.78 Å². The zero-order valence-electron chi connectivity index (χ0n) is 8.38. The Kier molecular flexibility index (Phi) is 2.86. The van der Waals surface area contributed by atoms with E-state index in [1.54, 1.807) is 24.5 Å². The zero-order chi connectivity index (χ0) is 11.4. The van der Waals surface area contributed by atoms with Crippen molar-refractivity contribution in [2.24, 2.45) is 0 Å². The van der Waals surface area contributed by atoms with Crippen molar-refractivity contribution in [3.8, 4) is 0 Å². The second-order valence-electron chi connectivity index (χ2n) is 3.15. The van der Waals surface area contributed by atoms with Crippen LogP contribution in [0.2, 0.25) is 0 Å². The van der Waals surface area contributed by atoms with Crippen LogP contribution < -0.4 is 5.32 Å². The van der Waals surface area contributed by atoms with E-state index in [1.807, 2.05) is 6.07 Å². The number of pyridine rings is 2. The molecule has 0 aliphatic carbocycles. The number of carbonyl (C=O) groups excluding carboxylic acids is 2. The summed E-state index contributed by atoms with van der Waals surface area (Å²) in [7, 11) is 0. The SMILES string of the molecule is O=CCC(=O)Nc1nccc2ncccc12. The summed E-state index contributed by atoms with van der Waals surface area (Å²) in [6.45, 7) is 0. The van der Waals surface area contributed by atoms with Crippen LogP contribution in [-0.2, 0) is 9.59 Å². The second kappa shape index (κ2) is 4.48. The van der Waals surface area contributed by atoms with E-state index in [0.29, 0.717) is 12.1 Å². The first-order chi connectivity index (χ1) is 7.81. The van der Waals surface area contributed by atoms with Crippen molar-refractivity contribution in [2.75, 3.05) is 5.32 Å². The van der Waals surface area contributed by atoms with Gasteiger partial charge in [-0.2, -0.15) is 0 Å². The lowest BCUT2D eigenvalue weighted by atomic mass is 10.2. The molecule has 2 heterocycles. The van der Waals surface area contributed by atoms with E-state index in [4.69, 9.17) is 0 Å². The van der Waals surface area contributed by atoms with E-state index in [0.717, 1.165) is 10.9 Å². The quantitative estimate of drug-likeness (QED) is 0.616. The van der Waals surface area contributed by atoms with Gasteiger partial charge in [0.25, 0.3) is 0 Å². The largest absolute Gasteiger partial charge is 0.310 e. The van der Waals surface area contributed by atoms with Gasteiger partial charge in [0, 0.05) is 17.8 Å². The Hall–Kier alpha value is -2.30. The summed E-state index contributed by atoms with van der Waals surface area (Å²) < 4.78 is 0. The Morgan fingerprint density at radius 2 is 2.19 bits per heavy atom. The van der Waals surface area contributed by atoms with Crippen molar-refractivity contribution < 1.29 is 9.59 Å². The van der Waals surface area contributed by atoms with Crippen LogP contribution in [0.3, 0.4) is 0 Å². The number of aldehydes is 1. The zero-order valence-corrected chi connectivity index (χ0v) is 8.38. The third-order valence-corrected chi connectivity index (χ3v) is 2.06. The fraction of sp³-hybridized carbons (Fsp3) is 0.0909. The standard InChI is InChI=1S/C11H9N3O2/c15-7-4-10(16)14-11-8-2-1-5-12-9(8)3-6-13-11/h1-3,5-7H,4H2,(H,13,14,16). The van der Waals surface area contributed by atoms with Gasteiger partial charge in [-0.1, -0.05) is 0 Å². The molecule has 2 rings (SSSR count). The van der Waals surface area contributed by atoms with Gasteiger partial charge < -0.3 is 10.1 Å². The lowest BCUT2D eigenvalue weighted by Gasteiger charge is -2.05. The molecule has 1 amide bonds. The molecule has 0 atom stereocenters. The van der Waals surface area contributed by atoms with E-state index in [2.05, 4.69) is 15.3 Å². The molecule has 0 bridgehead atoms. The molecular formula is C11H9N3O2. The molecule has 5 nitrogen and oxygen atoms in total. The van der Waals surface area contributed by atoms with Gasteiger partial charge >= 0.3 is 0 Å². The number of nitrogens with zero attached hydrogens (tertiary/aromatic N) is 2. The number of carbonyl (C=O) groups is 2. The first-order valence-corrected chi connectivity index (χ1v) is 4.74. The van der Waals surface area contributed by atoms with Gasteiger partial charge in [-0.05, 0) is 18.2 Å². The number of anilines is 1. The Labute approximate surface area is 91.5 Å². The van der Waals surface area contributed by atoms with Gasteiger partial charge in [0.05, 0.1) is 11.9 Å². The summed E-state index contributed by atoms with van der Waals surface area (Å²) in [6.07, 6.45) is 3.61. The maximum Gasteiger partial charge on any atom is 0.232 e. The molecule has 0 aromatic carbocycles. The van der Waals surface area contributed by atoms with Crippen LogP contribution >= 0.6 is 0 Å². The van der Waals surface area contributed by atoms with Crippen molar-refractivity contribution in [2.45, 2.75) is 6.42 Å². The Balaban J connectivity index is 2.37. The highest BCUT2D eigenvalue weighted by atomic mass is 16.2. The van der Waals surface area contributed by atoms with Crippen molar-refractivity contribution in [1.82, 2.24) is 9.97 Å². The van der Waals surface area contributed by atoms with E-state index in [-0.39, 0.29) is 12.3 Å². The van der Waals surface area contributed by atoms with Gasteiger partial charge in [0.1, 0.15) is 12.1 Å². The highest BCUT2D eigenvalue weighted by molar-refractivity contribution is 6.02. The maximum absolute atomic E-state index is 11.3. The van der Waals surface area contributed by atoms with E-state index in [9.17, 15) is 9.59 Å². The number of hydrogen-bond acceptors (Lipinski definition) is 4. The molecule has 0 aliphatic rings. The molecule has 0 aliphatic heterocycles. The third kappa shape index (κ3) is 2.03. The molecule has 1 N–H and O–H groups in total. The number of rotatable bonds is 3. The molecule has 16 heavy (non-hydrogen) atoms. The van der Waals surface area contributed by atoms with Crippen LogP contribution in [0.4, 0.5) is 5.82 Å². The molecule has 2 aromatic rings. The van der Waals surface area contributed by atoms with Crippen molar-refractivity contribution >= 4 is 28.9 Å². The summed E-state index contributed by atoms with van der Waals surface area (Å²) in [5.41, 5.74) is 0.749. The first kappa shape index (κ1) is 10.2. The van der Waals surface area contributed by atoms with Crippen LogP contribution in [0.15, 0.2) is 30.6 Å². The predicted molar refractivity (Wildman–Crippen MR) is 58.8 cm³/mol. The normalized spacial score (nSPS) is 10.0. The first-order valence-electron chi connectivity index (χ1n) is 4.74. The topological polar surface area (TPSA) is 72.0 Å². The number of nitrogens with one attached hydrogen (secondary N) is 1. The number of hydrogen-bond donors (Lipinski definition) is 1. The summed E-state index contributed by atoms with van der Waals surface area (Å²) in [5.74, 6) is 0.0521. The number of aromatic nitrogens is 2. The fourth-order valence-corrected chi connectivity index (χ4v) is 1.36. The molecule has 0 radical (unpaired) electrons. The summed E-state index contributed by atoms with van der Waals surface area (Å²) >= 11 is 0. The Morgan fingerprint density at radius 1 is 1.31 bits per heavy atom. The van der Waals surface area contributed by atoms with Gasteiger partial charge in [0.2, 0.25) is 5.91 Å². The van der Waals surface area contributed by atoms with E-state index < -0.39 is 0 Å². The maximum atomic E-state index is 11.3. The fourth-order valence-electron chi connectivity index (χ4n) is 1.36. The van der Waals surface area contributed by atoms with Gasteiger partial charge in [-0.15, -0.1) is 0 Å². The average Bonchev–Trinajstić information content (AvgIpc) is 2.30. The van der Waals surface area contributed by atoms with Gasteiger partial charge in [-0.25, -0.2) is 4.98 Å². The van der Waals surface area contributed by atoms with E-state index >= 15 is 0 Å². The van der Waals surface area contributed by atoms with Crippen molar-refractivity contribution in [1.29, 1.82) is 0 Å². The molecule has 0 fully saturated rings. The minimum atomic E-state index is -0.376. The van der Waals surface area contributed by atoms with Crippen molar-refractivity contribution in [3.05, 3.63) is 30.6 Å².